The fraction of sp³-hybridized carbons (Fsp3) is 0.667. The topological polar surface area (TPSA) is 23.6 Å². The molecule has 0 spiro atoms. The molecule has 0 radical (unpaired) electrons. The van der Waals surface area contributed by atoms with Crippen LogP contribution in [0.4, 0.5) is 0 Å². The zero-order valence-corrected chi connectivity index (χ0v) is 7.42. The van der Waals surface area contributed by atoms with Crippen molar-refractivity contribution in [3.05, 3.63) is 0 Å². The van der Waals surface area contributed by atoms with E-state index in [2.05, 4.69) is 5.92 Å². The third-order valence-electron chi connectivity index (χ3n) is 2.07. The molecule has 0 aromatic carbocycles. The van der Waals surface area contributed by atoms with E-state index in [-0.39, 0.29) is 5.91 Å². The molecule has 0 saturated carbocycles. The van der Waals surface area contributed by atoms with Crippen molar-refractivity contribution < 1.29 is 4.79 Å². The Morgan fingerprint density at radius 3 is 3.00 bits per heavy atom. The Balaban J connectivity index is 2.49. The number of terminal acetylenes is 1. The van der Waals surface area contributed by atoms with Gasteiger partial charge in [-0.2, -0.15) is 0 Å². The highest BCUT2D eigenvalue weighted by Crippen LogP contribution is 2.00. The van der Waals surface area contributed by atoms with Crippen molar-refractivity contribution >= 4 is 5.91 Å². The van der Waals surface area contributed by atoms with Gasteiger partial charge >= 0.3 is 0 Å². The van der Waals surface area contributed by atoms with Crippen molar-refractivity contribution in [3.63, 3.8) is 0 Å². The monoisotopic (exact) mass is 166 g/mol. The van der Waals surface area contributed by atoms with E-state index in [9.17, 15) is 4.79 Å². The summed E-state index contributed by atoms with van der Waals surface area (Å²) in [5.41, 5.74) is 0. The first-order valence-corrected chi connectivity index (χ1v) is 4.14. The molecule has 66 valence electrons. The molecule has 1 rings (SSSR count). The minimum absolute atomic E-state index is 0.169. The van der Waals surface area contributed by atoms with E-state index in [1.807, 2.05) is 11.9 Å². The number of hydrogen-bond donors (Lipinski definition) is 0. The van der Waals surface area contributed by atoms with Gasteiger partial charge in [-0.25, -0.2) is 0 Å². The van der Waals surface area contributed by atoms with Crippen LogP contribution in [0, 0.1) is 12.3 Å². The van der Waals surface area contributed by atoms with Gasteiger partial charge in [0.2, 0.25) is 5.91 Å². The smallest absolute Gasteiger partial charge is 0.236 e. The molecule has 3 heteroatoms. The van der Waals surface area contributed by atoms with Gasteiger partial charge < -0.3 is 4.90 Å². The predicted molar refractivity (Wildman–Crippen MR) is 47.5 cm³/mol. The molecule has 1 aliphatic heterocycles. The molecule has 12 heavy (non-hydrogen) atoms. The predicted octanol–water partition coefficient (Wildman–Crippen LogP) is -0.216. The first-order valence-electron chi connectivity index (χ1n) is 4.14. The lowest BCUT2D eigenvalue weighted by molar-refractivity contribution is -0.129. The maximum Gasteiger partial charge on any atom is 0.236 e. The summed E-state index contributed by atoms with van der Waals surface area (Å²) in [5, 5.41) is 0. The zero-order chi connectivity index (χ0) is 8.97. The van der Waals surface area contributed by atoms with Crippen LogP contribution < -0.4 is 0 Å². The van der Waals surface area contributed by atoms with Gasteiger partial charge in [0.05, 0.1) is 13.1 Å². The average Bonchev–Trinajstić information content (AvgIpc) is 2.16. The van der Waals surface area contributed by atoms with E-state index in [1.54, 1.807) is 4.90 Å². The van der Waals surface area contributed by atoms with Crippen molar-refractivity contribution in [1.29, 1.82) is 0 Å². The molecule has 0 unspecified atom stereocenters. The minimum atomic E-state index is 0.169. The quantitative estimate of drug-likeness (QED) is 0.503. The summed E-state index contributed by atoms with van der Waals surface area (Å²) in [5.74, 6) is 2.72. The molecule has 1 amide bonds. The van der Waals surface area contributed by atoms with E-state index in [0.29, 0.717) is 13.1 Å². The molecule has 0 bridgehead atoms. The van der Waals surface area contributed by atoms with Crippen LogP contribution in [0.3, 0.4) is 0 Å². The van der Waals surface area contributed by atoms with E-state index >= 15 is 0 Å². The van der Waals surface area contributed by atoms with Gasteiger partial charge in [-0.3, -0.25) is 9.69 Å². The Hall–Kier alpha value is -1.01. The van der Waals surface area contributed by atoms with Gasteiger partial charge in [-0.05, 0) is 6.42 Å². The first kappa shape index (κ1) is 9.08. The van der Waals surface area contributed by atoms with Crippen molar-refractivity contribution in [2.75, 3.05) is 33.2 Å². The van der Waals surface area contributed by atoms with Crippen LogP contribution in [0.1, 0.15) is 6.42 Å². The van der Waals surface area contributed by atoms with E-state index in [1.165, 1.54) is 0 Å². The van der Waals surface area contributed by atoms with Crippen LogP contribution >= 0.6 is 0 Å². The molecule has 0 aromatic rings. The van der Waals surface area contributed by atoms with Gasteiger partial charge in [0.15, 0.2) is 0 Å². The highest BCUT2D eigenvalue weighted by Gasteiger charge is 2.17. The standard InChI is InChI=1S/C9H14N2O/c1-3-5-11-7-4-6-10(2)9(12)8-11/h1H,4-8H2,2H3. The van der Waals surface area contributed by atoms with Gasteiger partial charge in [0.1, 0.15) is 0 Å². The summed E-state index contributed by atoms with van der Waals surface area (Å²) < 4.78 is 0. The van der Waals surface area contributed by atoms with Crippen LogP contribution in [-0.4, -0.2) is 48.9 Å². The Labute approximate surface area is 73.3 Å². The summed E-state index contributed by atoms with van der Waals surface area (Å²) in [4.78, 5) is 15.1. The number of hydrogen-bond acceptors (Lipinski definition) is 2. The molecule has 0 N–H and O–H groups in total. The van der Waals surface area contributed by atoms with Crippen molar-refractivity contribution in [1.82, 2.24) is 9.80 Å². The largest absolute Gasteiger partial charge is 0.345 e. The minimum Gasteiger partial charge on any atom is -0.345 e. The molecular weight excluding hydrogens is 152 g/mol. The second-order valence-corrected chi connectivity index (χ2v) is 3.08. The van der Waals surface area contributed by atoms with Gasteiger partial charge in [0, 0.05) is 20.1 Å². The fourth-order valence-corrected chi connectivity index (χ4v) is 1.31. The summed E-state index contributed by atoms with van der Waals surface area (Å²) in [6.07, 6.45) is 6.19. The van der Waals surface area contributed by atoms with Gasteiger partial charge in [-0.15, -0.1) is 6.42 Å². The lowest BCUT2D eigenvalue weighted by atomic mass is 10.4. The summed E-state index contributed by atoms with van der Waals surface area (Å²) in [7, 11) is 1.84. The molecule has 1 fully saturated rings. The molecule has 0 atom stereocenters. The highest BCUT2D eigenvalue weighted by atomic mass is 16.2. The second-order valence-electron chi connectivity index (χ2n) is 3.08. The first-order chi connectivity index (χ1) is 5.74. The second kappa shape index (κ2) is 4.13. The van der Waals surface area contributed by atoms with Crippen LogP contribution in [0.2, 0.25) is 0 Å². The molecule has 0 aromatic heterocycles. The van der Waals surface area contributed by atoms with Crippen molar-refractivity contribution in [2.45, 2.75) is 6.42 Å². The highest BCUT2D eigenvalue weighted by molar-refractivity contribution is 5.78. The van der Waals surface area contributed by atoms with Crippen LogP contribution in [0.5, 0.6) is 0 Å². The fourth-order valence-electron chi connectivity index (χ4n) is 1.31. The lowest BCUT2D eigenvalue weighted by Gasteiger charge is -2.15. The third kappa shape index (κ3) is 2.24. The molecule has 1 saturated heterocycles. The Morgan fingerprint density at radius 2 is 2.33 bits per heavy atom. The Kier molecular flexibility index (Phi) is 3.12. The normalized spacial score (nSPS) is 20.3. The number of carbonyl (C=O) groups excluding carboxylic acids is 1. The van der Waals surface area contributed by atoms with Crippen LogP contribution in [0.15, 0.2) is 0 Å². The van der Waals surface area contributed by atoms with E-state index in [4.69, 9.17) is 6.42 Å². The van der Waals surface area contributed by atoms with Crippen LogP contribution in [0.25, 0.3) is 0 Å². The Bertz CT molecular complexity index is 207. The SMILES string of the molecule is C#CCN1CCCN(C)C(=O)C1. The number of rotatable bonds is 1. The van der Waals surface area contributed by atoms with Gasteiger partial charge in [-0.1, -0.05) is 5.92 Å². The molecule has 3 nitrogen and oxygen atoms in total. The van der Waals surface area contributed by atoms with Crippen molar-refractivity contribution in [3.8, 4) is 12.3 Å². The lowest BCUT2D eigenvalue weighted by Crippen LogP contribution is -2.34. The number of amides is 1. The van der Waals surface area contributed by atoms with E-state index < -0.39 is 0 Å². The molecule has 1 aliphatic rings. The number of carbonyl (C=O) groups is 1. The molecular formula is C9H14N2O. The average molecular weight is 166 g/mol. The summed E-state index contributed by atoms with van der Waals surface area (Å²) in [6.45, 7) is 2.83. The maximum atomic E-state index is 11.3. The molecule has 0 aliphatic carbocycles. The third-order valence-corrected chi connectivity index (χ3v) is 2.07. The van der Waals surface area contributed by atoms with Crippen molar-refractivity contribution in [2.24, 2.45) is 0 Å². The zero-order valence-electron chi connectivity index (χ0n) is 7.42. The van der Waals surface area contributed by atoms with Gasteiger partial charge in [0.25, 0.3) is 0 Å². The maximum absolute atomic E-state index is 11.3. The number of nitrogens with zero attached hydrogens (tertiary/aromatic N) is 2. The summed E-state index contributed by atoms with van der Waals surface area (Å²) in [6, 6.07) is 0. The number of likely N-dealkylation sites (N-methyl/N-ethyl adjacent to an activating group) is 1. The molecule has 1 heterocycles. The summed E-state index contributed by atoms with van der Waals surface area (Å²) >= 11 is 0. The van der Waals surface area contributed by atoms with E-state index in [0.717, 1.165) is 19.5 Å². The van der Waals surface area contributed by atoms with Crippen LogP contribution in [-0.2, 0) is 4.79 Å². The Morgan fingerprint density at radius 1 is 1.58 bits per heavy atom.